The topological polar surface area (TPSA) is 131 Å². The number of fused-ring (bicyclic) bond motifs is 6. The molecule has 0 radical (unpaired) electrons. The zero-order valence-corrected chi connectivity index (χ0v) is 34.9. The first kappa shape index (κ1) is 41.2. The summed E-state index contributed by atoms with van der Waals surface area (Å²) in [5, 5.41) is 4.08. The summed E-state index contributed by atoms with van der Waals surface area (Å²) in [6.07, 6.45) is 4.50. The Morgan fingerprint density at radius 1 is 1.03 bits per heavy atom. The van der Waals surface area contributed by atoms with Gasteiger partial charge in [-0.2, -0.15) is 9.97 Å². The molecule has 0 saturated carbocycles. The van der Waals surface area contributed by atoms with Crippen molar-refractivity contribution in [3.8, 4) is 35.5 Å². The average Bonchev–Trinajstić information content (AvgIpc) is 3.70. The van der Waals surface area contributed by atoms with Crippen molar-refractivity contribution in [2.75, 3.05) is 36.5 Å². The van der Waals surface area contributed by atoms with Crippen molar-refractivity contribution in [1.29, 1.82) is 0 Å². The molecule has 6 heterocycles. The van der Waals surface area contributed by atoms with Crippen molar-refractivity contribution in [2.45, 2.75) is 122 Å². The second kappa shape index (κ2) is 15.5. The highest BCUT2D eigenvalue weighted by molar-refractivity contribution is 6.06. The van der Waals surface area contributed by atoms with Gasteiger partial charge in [0.05, 0.1) is 24.7 Å². The maximum atomic E-state index is 17.7. The van der Waals surface area contributed by atoms with Gasteiger partial charge >= 0.3 is 18.2 Å². The number of aromatic nitrogens is 3. The Morgan fingerprint density at radius 2 is 1.80 bits per heavy atom. The molecular weight excluding hydrogens is 780 g/mol. The molecule has 4 aliphatic rings. The number of hydrogen-bond acceptors (Lipinski definition) is 11. The Bertz CT molecular complexity index is 2390. The maximum absolute atomic E-state index is 17.7. The van der Waals surface area contributed by atoms with Crippen molar-refractivity contribution in [1.82, 2.24) is 24.8 Å². The summed E-state index contributed by atoms with van der Waals surface area (Å²) in [7, 11) is 0. The third-order valence-corrected chi connectivity index (χ3v) is 11.4. The lowest BCUT2D eigenvalue weighted by molar-refractivity contribution is 0.000903. The number of rotatable bonds is 7. The van der Waals surface area contributed by atoms with Gasteiger partial charge in [0, 0.05) is 34.8 Å². The van der Waals surface area contributed by atoms with Gasteiger partial charge in [-0.25, -0.2) is 27.7 Å². The Kier molecular flexibility index (Phi) is 10.6. The first-order valence-corrected chi connectivity index (χ1v) is 20.4. The van der Waals surface area contributed by atoms with Gasteiger partial charge < -0.3 is 23.8 Å². The molecule has 2 bridgehead atoms. The van der Waals surface area contributed by atoms with Crippen molar-refractivity contribution in [2.24, 2.45) is 0 Å². The predicted octanol–water partition coefficient (Wildman–Crippen LogP) is 8.16. The third-order valence-electron chi connectivity index (χ3n) is 11.4. The lowest BCUT2D eigenvalue weighted by atomic mass is 9.95. The molecule has 2 aromatic carbocycles. The number of benzene rings is 2. The Morgan fingerprint density at radius 3 is 2.52 bits per heavy atom. The number of anilines is 2. The van der Waals surface area contributed by atoms with E-state index >= 15 is 4.39 Å². The van der Waals surface area contributed by atoms with E-state index in [1.807, 2.05) is 32.6 Å². The van der Waals surface area contributed by atoms with Crippen LogP contribution in [0.15, 0.2) is 30.3 Å². The van der Waals surface area contributed by atoms with Crippen LogP contribution in [0.1, 0.15) is 79.7 Å². The Hall–Kier alpha value is -5.56. The van der Waals surface area contributed by atoms with E-state index in [1.165, 1.54) is 0 Å². The van der Waals surface area contributed by atoms with Crippen LogP contribution in [0.25, 0.3) is 32.9 Å². The molecule has 318 valence electrons. The van der Waals surface area contributed by atoms with Crippen LogP contribution < -0.4 is 19.7 Å². The SMILES string of the molecule is C#Cc1cccc2cc(NC(=O)OC(C)(C)C)cc(-c3nc4c5c(nc(OC[C@@H]6CCCN6CC(F)F)nc5c3F)N3C[C@H]5CC[C@@H]([C@H]3[C@H](C)O4)N5C(=O)OC(C)(C)C)c12. The number of halogens is 3. The zero-order chi connectivity index (χ0) is 42.8. The molecule has 60 heavy (non-hydrogen) atoms. The fourth-order valence-corrected chi connectivity index (χ4v) is 9.16. The number of piperazine rings is 1. The van der Waals surface area contributed by atoms with Crippen LogP contribution in [-0.2, 0) is 9.47 Å². The van der Waals surface area contributed by atoms with Crippen LogP contribution in [0.4, 0.5) is 34.3 Å². The molecule has 5 atom stereocenters. The molecule has 1 N–H and O–H groups in total. The molecule has 13 nitrogen and oxygen atoms in total. The minimum Gasteiger partial charge on any atom is -0.472 e. The summed E-state index contributed by atoms with van der Waals surface area (Å²) in [6.45, 7) is 13.1. The third kappa shape index (κ3) is 7.91. The van der Waals surface area contributed by atoms with Crippen molar-refractivity contribution < 1.29 is 41.7 Å². The van der Waals surface area contributed by atoms with Gasteiger partial charge in [-0.1, -0.05) is 18.1 Å². The highest BCUT2D eigenvalue weighted by Crippen LogP contribution is 2.47. The van der Waals surface area contributed by atoms with Crippen LogP contribution in [0, 0.1) is 18.2 Å². The number of hydrogen-bond donors (Lipinski definition) is 1. The molecule has 4 aliphatic heterocycles. The first-order chi connectivity index (χ1) is 28.4. The summed E-state index contributed by atoms with van der Waals surface area (Å²) in [5.74, 6) is 2.25. The van der Waals surface area contributed by atoms with E-state index in [2.05, 4.69) is 16.2 Å². The Balaban J connectivity index is 1.29. The summed E-state index contributed by atoms with van der Waals surface area (Å²) in [6, 6.07) is 7.07. The van der Waals surface area contributed by atoms with E-state index in [-0.39, 0.29) is 65.3 Å². The summed E-state index contributed by atoms with van der Waals surface area (Å²) < 4.78 is 69.0. The van der Waals surface area contributed by atoms with Crippen LogP contribution in [0.3, 0.4) is 0 Å². The van der Waals surface area contributed by atoms with Gasteiger partial charge in [0.25, 0.3) is 6.43 Å². The molecule has 2 amide bonds. The van der Waals surface area contributed by atoms with Crippen LogP contribution in [0.2, 0.25) is 0 Å². The number of nitrogens with zero attached hydrogens (tertiary/aromatic N) is 6. The van der Waals surface area contributed by atoms with Crippen LogP contribution >= 0.6 is 0 Å². The monoisotopic (exact) mass is 829 g/mol. The first-order valence-electron chi connectivity index (χ1n) is 20.4. The molecule has 16 heteroatoms. The van der Waals surface area contributed by atoms with E-state index in [9.17, 15) is 18.4 Å². The minimum atomic E-state index is -2.51. The highest BCUT2D eigenvalue weighted by Gasteiger charge is 2.54. The van der Waals surface area contributed by atoms with Gasteiger partial charge in [0.2, 0.25) is 5.88 Å². The zero-order valence-electron chi connectivity index (χ0n) is 34.9. The highest BCUT2D eigenvalue weighted by atomic mass is 19.3. The number of amides is 2. The number of likely N-dealkylation sites (tertiary alicyclic amines) is 1. The summed E-state index contributed by atoms with van der Waals surface area (Å²) >= 11 is 0. The number of pyridine rings is 1. The van der Waals surface area contributed by atoms with E-state index in [4.69, 9.17) is 35.3 Å². The van der Waals surface area contributed by atoms with Crippen LogP contribution in [0.5, 0.6) is 11.9 Å². The number of carbonyl (C=O) groups is 2. The molecule has 0 spiro atoms. The van der Waals surface area contributed by atoms with Crippen LogP contribution in [-0.4, -0.2) is 111 Å². The normalized spacial score (nSPS) is 22.7. The van der Waals surface area contributed by atoms with E-state index in [1.54, 1.807) is 60.9 Å². The summed E-state index contributed by atoms with van der Waals surface area (Å²) in [5.41, 5.74) is -0.780. The van der Waals surface area contributed by atoms with Gasteiger partial charge in [-0.3, -0.25) is 15.1 Å². The average molecular weight is 830 g/mol. The minimum absolute atomic E-state index is 0.00658. The fraction of sp³-hybridized carbons (Fsp3) is 0.523. The maximum Gasteiger partial charge on any atom is 0.412 e. The van der Waals surface area contributed by atoms with E-state index in [0.717, 1.165) is 6.42 Å². The second-order valence-electron chi connectivity index (χ2n) is 18.0. The number of carbonyl (C=O) groups excluding carboxylic acids is 2. The molecule has 0 unspecified atom stereocenters. The molecule has 4 aromatic rings. The number of nitrogens with one attached hydrogen (secondary N) is 1. The molecular formula is C44H50F3N7O6. The number of alkyl halides is 2. The van der Waals surface area contributed by atoms with Gasteiger partial charge in [-0.05, 0) is 104 Å². The van der Waals surface area contributed by atoms with E-state index < -0.39 is 47.8 Å². The van der Waals surface area contributed by atoms with Crippen molar-refractivity contribution in [3.05, 3.63) is 41.7 Å². The Labute approximate surface area is 346 Å². The van der Waals surface area contributed by atoms with E-state index in [0.29, 0.717) is 60.2 Å². The predicted molar refractivity (Wildman–Crippen MR) is 220 cm³/mol. The summed E-state index contributed by atoms with van der Waals surface area (Å²) in [4.78, 5) is 46.7. The molecule has 2 aromatic heterocycles. The smallest absolute Gasteiger partial charge is 0.412 e. The molecule has 3 fully saturated rings. The van der Waals surface area contributed by atoms with Gasteiger partial charge in [0.15, 0.2) is 5.82 Å². The number of ether oxygens (including phenoxy) is 4. The van der Waals surface area contributed by atoms with Crippen molar-refractivity contribution in [3.63, 3.8) is 0 Å². The quantitative estimate of drug-likeness (QED) is 0.181. The molecule has 3 saturated heterocycles. The standard InChI is InChI=1S/C44H50F3N7O6/c1-9-24-12-10-13-25-18-26(48-41(55)59-43(3,4)5)19-29(32(24)25)35-34(47)36-33-38(51-40(50-36)57-22-28-14-11-17-52(28)21-31(45)46)53-20-27-15-16-30(37(53)23(2)58-39(33)49-35)54(27)42(56)60-44(6,7)8/h1,10,12-13,18-19,23,27-28,30-31,37H,11,14-17,20-22H2,2-8H3,(H,48,55)/t23-,27+,28-,30-,37+/m0/s1. The largest absolute Gasteiger partial charge is 0.472 e. The van der Waals surface area contributed by atoms with Gasteiger partial charge in [-0.15, -0.1) is 6.42 Å². The second-order valence-corrected chi connectivity index (χ2v) is 18.0. The molecule has 8 rings (SSSR count). The van der Waals surface area contributed by atoms with Crippen molar-refractivity contribution >= 4 is 45.4 Å². The fourth-order valence-electron chi connectivity index (χ4n) is 9.16. The van der Waals surface area contributed by atoms with Gasteiger partial charge in [0.1, 0.15) is 46.3 Å². The lowest BCUT2D eigenvalue weighted by Crippen LogP contribution is -2.65. The number of terminal acetylenes is 1. The molecule has 0 aliphatic carbocycles. The lowest BCUT2D eigenvalue weighted by Gasteiger charge is -2.48.